The number of alkyl halides is 3. The summed E-state index contributed by atoms with van der Waals surface area (Å²) in [4.78, 5) is 8.06. The van der Waals surface area contributed by atoms with Gasteiger partial charge in [0.25, 0.3) is 0 Å². The van der Waals surface area contributed by atoms with Crippen molar-refractivity contribution in [2.24, 2.45) is 0 Å². The summed E-state index contributed by atoms with van der Waals surface area (Å²) >= 11 is 0. The summed E-state index contributed by atoms with van der Waals surface area (Å²) < 4.78 is 75.4. The first-order valence-corrected chi connectivity index (χ1v) is 10.1. The van der Waals surface area contributed by atoms with Gasteiger partial charge in [-0.15, -0.1) is 0 Å². The topological polar surface area (TPSA) is 96.6 Å². The Labute approximate surface area is 184 Å². The van der Waals surface area contributed by atoms with Crippen molar-refractivity contribution >= 4 is 11.5 Å². The predicted molar refractivity (Wildman–Crippen MR) is 108 cm³/mol. The first kappa shape index (κ1) is 23.1. The second-order valence-electron chi connectivity index (χ2n) is 7.88. The van der Waals surface area contributed by atoms with E-state index in [0.717, 1.165) is 43.3 Å². The number of rotatable bonds is 5. The largest absolute Gasteiger partial charge is 0.495 e. The second kappa shape index (κ2) is 8.37. The van der Waals surface area contributed by atoms with Gasteiger partial charge in [0, 0.05) is 24.7 Å². The molecule has 0 bridgehead atoms. The highest BCUT2D eigenvalue weighted by atomic mass is 19.4. The van der Waals surface area contributed by atoms with Crippen molar-refractivity contribution in [3.05, 3.63) is 35.7 Å². The summed E-state index contributed by atoms with van der Waals surface area (Å²) in [7, 11) is 1.12. The van der Waals surface area contributed by atoms with Crippen LogP contribution in [0.1, 0.15) is 25.5 Å². The maximum Gasteiger partial charge on any atom is 0.422 e. The van der Waals surface area contributed by atoms with E-state index in [9.17, 15) is 27.1 Å². The van der Waals surface area contributed by atoms with E-state index in [1.165, 1.54) is 0 Å². The van der Waals surface area contributed by atoms with Gasteiger partial charge in [-0.05, 0) is 26.3 Å². The minimum Gasteiger partial charge on any atom is -0.495 e. The van der Waals surface area contributed by atoms with Gasteiger partial charge in [0.2, 0.25) is 5.60 Å². The average Bonchev–Trinajstić information content (AvgIpc) is 3.17. The van der Waals surface area contributed by atoms with Gasteiger partial charge in [-0.25, -0.2) is 23.3 Å². The molecule has 13 heteroatoms. The van der Waals surface area contributed by atoms with Gasteiger partial charge < -0.3 is 20.5 Å². The minimum absolute atomic E-state index is 0.0140. The highest BCUT2D eigenvalue weighted by Crippen LogP contribution is 2.41. The lowest BCUT2D eigenvalue weighted by Crippen LogP contribution is -2.40. The Balaban J connectivity index is 1.83. The lowest BCUT2D eigenvalue weighted by Gasteiger charge is -2.27. The molecule has 0 spiro atoms. The predicted octanol–water partition coefficient (Wildman–Crippen LogP) is 3.01. The summed E-state index contributed by atoms with van der Waals surface area (Å²) in [6, 6.07) is 1.63. The molecule has 3 N–H and O–H groups in total. The molecule has 4 rings (SSSR count). The number of hydrogen-bond donors (Lipinski definition) is 3. The van der Waals surface area contributed by atoms with Crippen LogP contribution in [-0.2, 0) is 5.60 Å². The molecular formula is C20H21F5N6O2. The summed E-state index contributed by atoms with van der Waals surface area (Å²) in [5.74, 6) is -2.53. The third-order valence-electron chi connectivity index (χ3n) is 5.50. The standard InChI is InChI=1S/C20H21F5N6O2/c1-19(32,20(23,24)25)17-14(33-2)7-15-27-9-13(31(15)30-17)16-11(21)6-12(22)18(29-16)28-10-4-3-5-26-8-10/h6-7,9-10,26,32H,3-5,8H2,1-2H3,(H,28,29)/t10-,19-/m0/s1. The fourth-order valence-electron chi connectivity index (χ4n) is 3.60. The van der Waals surface area contributed by atoms with E-state index in [4.69, 9.17) is 4.74 Å². The van der Waals surface area contributed by atoms with Crippen molar-refractivity contribution in [2.45, 2.75) is 37.6 Å². The number of nitrogens with one attached hydrogen (secondary N) is 2. The Morgan fingerprint density at radius 1 is 1.24 bits per heavy atom. The van der Waals surface area contributed by atoms with Crippen LogP contribution in [-0.4, -0.2) is 57.1 Å². The Hall–Kier alpha value is -3.06. The Morgan fingerprint density at radius 2 is 2.00 bits per heavy atom. The third kappa shape index (κ3) is 4.17. The number of anilines is 1. The lowest BCUT2D eigenvalue weighted by molar-refractivity contribution is -0.261. The molecule has 1 aliphatic rings. The molecule has 0 radical (unpaired) electrons. The zero-order chi connectivity index (χ0) is 24.0. The highest BCUT2D eigenvalue weighted by molar-refractivity contribution is 5.63. The number of aliphatic hydroxyl groups is 1. The van der Waals surface area contributed by atoms with Crippen LogP contribution >= 0.6 is 0 Å². The normalized spacial score (nSPS) is 18.8. The van der Waals surface area contributed by atoms with Crippen LogP contribution in [0.3, 0.4) is 0 Å². The van der Waals surface area contributed by atoms with Gasteiger partial charge in [-0.3, -0.25) is 0 Å². The van der Waals surface area contributed by atoms with Crippen LogP contribution in [0.5, 0.6) is 5.75 Å². The number of aromatic nitrogens is 4. The fourth-order valence-corrected chi connectivity index (χ4v) is 3.60. The van der Waals surface area contributed by atoms with Crippen LogP contribution in [0.15, 0.2) is 18.3 Å². The highest BCUT2D eigenvalue weighted by Gasteiger charge is 2.54. The van der Waals surface area contributed by atoms with E-state index in [0.29, 0.717) is 19.5 Å². The quantitative estimate of drug-likeness (QED) is 0.492. The number of imidazole rings is 1. The molecule has 1 saturated heterocycles. The maximum atomic E-state index is 14.7. The molecule has 0 unspecified atom stereocenters. The van der Waals surface area contributed by atoms with Crippen molar-refractivity contribution in [3.63, 3.8) is 0 Å². The zero-order valence-electron chi connectivity index (χ0n) is 17.7. The summed E-state index contributed by atoms with van der Waals surface area (Å²) in [6.07, 6.45) is -2.31. The monoisotopic (exact) mass is 472 g/mol. The van der Waals surface area contributed by atoms with Crippen LogP contribution in [0.2, 0.25) is 0 Å². The molecule has 1 fully saturated rings. The SMILES string of the molecule is COc1cc2ncc(-c3nc(N[C@H]4CCCNC4)c(F)cc3F)n2nc1[C@](C)(O)C(F)(F)F. The molecule has 2 atom stereocenters. The van der Waals surface area contributed by atoms with Gasteiger partial charge in [-0.2, -0.15) is 18.3 Å². The molecule has 0 aliphatic carbocycles. The van der Waals surface area contributed by atoms with E-state index in [-0.39, 0.29) is 34.6 Å². The molecule has 1 aliphatic heterocycles. The average molecular weight is 472 g/mol. The van der Waals surface area contributed by atoms with Gasteiger partial charge in [0.15, 0.2) is 23.1 Å². The Bertz CT molecular complexity index is 1170. The van der Waals surface area contributed by atoms with E-state index in [1.807, 2.05) is 0 Å². The van der Waals surface area contributed by atoms with Gasteiger partial charge in [0.05, 0.1) is 13.3 Å². The molecular weight excluding hydrogens is 451 g/mol. The summed E-state index contributed by atoms with van der Waals surface area (Å²) in [5, 5.41) is 20.1. The number of pyridine rings is 1. The smallest absolute Gasteiger partial charge is 0.422 e. The molecule has 0 saturated carbocycles. The van der Waals surface area contributed by atoms with Crippen molar-refractivity contribution in [1.82, 2.24) is 24.9 Å². The maximum absolute atomic E-state index is 14.7. The first-order valence-electron chi connectivity index (χ1n) is 10.1. The number of methoxy groups -OCH3 is 1. The summed E-state index contributed by atoms with van der Waals surface area (Å²) in [6.45, 7) is 1.93. The molecule has 0 aromatic carbocycles. The molecule has 0 amide bonds. The number of halogens is 5. The van der Waals surface area contributed by atoms with Crippen LogP contribution in [0, 0.1) is 11.6 Å². The molecule has 3 aromatic rings. The second-order valence-corrected chi connectivity index (χ2v) is 7.88. The molecule has 33 heavy (non-hydrogen) atoms. The van der Waals surface area contributed by atoms with E-state index in [1.54, 1.807) is 0 Å². The fraction of sp³-hybridized carbons (Fsp3) is 0.450. The Kier molecular flexibility index (Phi) is 5.86. The minimum atomic E-state index is -5.08. The van der Waals surface area contributed by atoms with Gasteiger partial charge in [-0.1, -0.05) is 0 Å². The van der Waals surface area contributed by atoms with Crippen molar-refractivity contribution in [3.8, 4) is 17.1 Å². The van der Waals surface area contributed by atoms with Crippen molar-refractivity contribution in [1.29, 1.82) is 0 Å². The van der Waals surface area contributed by atoms with Crippen molar-refractivity contribution in [2.75, 3.05) is 25.5 Å². The number of ether oxygens (including phenoxy) is 1. The van der Waals surface area contributed by atoms with E-state index >= 15 is 0 Å². The molecule has 178 valence electrons. The van der Waals surface area contributed by atoms with Gasteiger partial charge in [0.1, 0.15) is 22.8 Å². The van der Waals surface area contributed by atoms with Crippen LogP contribution < -0.4 is 15.4 Å². The molecule has 4 heterocycles. The molecule has 8 nitrogen and oxygen atoms in total. The van der Waals surface area contributed by atoms with Crippen LogP contribution in [0.4, 0.5) is 27.8 Å². The number of fused-ring (bicyclic) bond motifs is 1. The summed E-state index contributed by atoms with van der Waals surface area (Å²) in [5.41, 5.74) is -4.71. The van der Waals surface area contributed by atoms with Crippen molar-refractivity contribution < 1.29 is 31.8 Å². The van der Waals surface area contributed by atoms with Crippen LogP contribution in [0.25, 0.3) is 17.0 Å². The van der Waals surface area contributed by atoms with E-state index < -0.39 is 29.1 Å². The number of hydrogen-bond acceptors (Lipinski definition) is 7. The Morgan fingerprint density at radius 3 is 2.64 bits per heavy atom. The zero-order valence-corrected chi connectivity index (χ0v) is 17.7. The number of nitrogens with zero attached hydrogens (tertiary/aromatic N) is 4. The number of piperidine rings is 1. The molecule has 3 aromatic heterocycles. The van der Waals surface area contributed by atoms with Gasteiger partial charge >= 0.3 is 6.18 Å². The van der Waals surface area contributed by atoms with E-state index in [2.05, 4.69) is 25.7 Å². The first-order chi connectivity index (χ1) is 15.5. The lowest BCUT2D eigenvalue weighted by atomic mass is 10.0. The third-order valence-corrected chi connectivity index (χ3v) is 5.50.